The van der Waals surface area contributed by atoms with Gasteiger partial charge in [0.05, 0.1) is 5.75 Å². The van der Waals surface area contributed by atoms with Crippen molar-refractivity contribution in [3.8, 4) is 0 Å². The Morgan fingerprint density at radius 2 is 1.95 bits per heavy atom. The molecule has 0 aliphatic carbocycles. The van der Waals surface area contributed by atoms with Crippen LogP contribution in [0.2, 0.25) is 0 Å². The number of carbonyl (C=O) groups is 2. The molecule has 114 valence electrons. The Morgan fingerprint density at radius 1 is 1.24 bits per heavy atom. The lowest BCUT2D eigenvalue weighted by Crippen LogP contribution is -2.35. The molecule has 3 N–H and O–H groups in total. The third-order valence-electron chi connectivity index (χ3n) is 3.22. The van der Waals surface area contributed by atoms with E-state index in [0.717, 1.165) is 11.1 Å². The summed E-state index contributed by atoms with van der Waals surface area (Å²) in [7, 11) is -3.47. The van der Waals surface area contributed by atoms with Gasteiger partial charge in [0.15, 0.2) is 0 Å². The van der Waals surface area contributed by atoms with Gasteiger partial charge in [-0.05, 0) is 24.5 Å². The van der Waals surface area contributed by atoms with Crippen molar-refractivity contribution in [3.05, 3.63) is 35.4 Å². The maximum absolute atomic E-state index is 12.0. The normalized spacial score (nSPS) is 18.4. The van der Waals surface area contributed by atoms with Crippen LogP contribution in [0.5, 0.6) is 0 Å². The average molecular weight is 311 g/mol. The molecule has 1 saturated heterocycles. The number of rotatable bonds is 6. The fraction of sp³-hybridized carbons (Fsp3) is 0.385. The van der Waals surface area contributed by atoms with E-state index in [9.17, 15) is 18.0 Å². The Kier molecular flexibility index (Phi) is 4.59. The van der Waals surface area contributed by atoms with E-state index in [1.807, 2.05) is 19.1 Å². The summed E-state index contributed by atoms with van der Waals surface area (Å²) in [6.45, 7) is 1.94. The lowest BCUT2D eigenvalue weighted by Gasteiger charge is -2.10. The molecule has 1 aromatic carbocycles. The Balaban J connectivity index is 1.86. The number of nitrogens with one attached hydrogen (secondary N) is 3. The average Bonchev–Trinajstić information content (AvgIpc) is 2.70. The molecule has 0 aromatic heterocycles. The summed E-state index contributed by atoms with van der Waals surface area (Å²) in [6, 6.07) is 6.02. The van der Waals surface area contributed by atoms with Crippen molar-refractivity contribution in [1.82, 2.24) is 15.4 Å². The van der Waals surface area contributed by atoms with Crippen LogP contribution in [0, 0.1) is 6.92 Å². The lowest BCUT2D eigenvalue weighted by molar-refractivity contribution is -0.120. The first-order valence-corrected chi connectivity index (χ1v) is 8.16. The maximum Gasteiger partial charge on any atom is 0.322 e. The molecule has 21 heavy (non-hydrogen) atoms. The van der Waals surface area contributed by atoms with Crippen LogP contribution in [0.3, 0.4) is 0 Å². The van der Waals surface area contributed by atoms with E-state index in [-0.39, 0.29) is 18.7 Å². The van der Waals surface area contributed by atoms with Gasteiger partial charge in [-0.25, -0.2) is 17.9 Å². The van der Waals surface area contributed by atoms with Crippen LogP contribution in [0.15, 0.2) is 24.3 Å². The number of hydrogen-bond acceptors (Lipinski definition) is 4. The van der Waals surface area contributed by atoms with Crippen LogP contribution in [-0.2, 0) is 20.6 Å². The fourth-order valence-electron chi connectivity index (χ4n) is 2.05. The van der Waals surface area contributed by atoms with Gasteiger partial charge in [-0.1, -0.05) is 24.3 Å². The smallest absolute Gasteiger partial charge is 0.322 e. The van der Waals surface area contributed by atoms with Gasteiger partial charge in [-0.3, -0.25) is 10.1 Å². The van der Waals surface area contributed by atoms with Crippen LogP contribution in [0.4, 0.5) is 4.79 Å². The van der Waals surface area contributed by atoms with E-state index in [1.54, 1.807) is 12.1 Å². The number of amides is 3. The third kappa shape index (κ3) is 4.27. The van der Waals surface area contributed by atoms with Crippen LogP contribution in [-0.4, -0.2) is 32.9 Å². The Morgan fingerprint density at radius 3 is 2.57 bits per heavy atom. The summed E-state index contributed by atoms with van der Waals surface area (Å²) in [6.07, 6.45) is 0.213. The topological polar surface area (TPSA) is 104 Å². The quantitative estimate of drug-likeness (QED) is 0.644. The summed E-state index contributed by atoms with van der Waals surface area (Å²) >= 11 is 0. The summed E-state index contributed by atoms with van der Waals surface area (Å²) in [5, 5.41) is 4.51. The number of sulfonamides is 1. The van der Waals surface area contributed by atoms with E-state index in [2.05, 4.69) is 15.4 Å². The molecule has 1 atom stereocenters. The van der Waals surface area contributed by atoms with E-state index < -0.39 is 28.0 Å². The van der Waals surface area contributed by atoms with Crippen LogP contribution in [0.1, 0.15) is 17.5 Å². The highest BCUT2D eigenvalue weighted by molar-refractivity contribution is 7.88. The summed E-state index contributed by atoms with van der Waals surface area (Å²) in [5.74, 6) is -0.541. The number of imide groups is 1. The highest BCUT2D eigenvalue weighted by atomic mass is 32.2. The molecule has 1 aliphatic rings. The number of carbonyl (C=O) groups excluding carboxylic acids is 2. The molecule has 1 heterocycles. The van der Waals surface area contributed by atoms with E-state index in [0.29, 0.717) is 0 Å². The van der Waals surface area contributed by atoms with Crippen molar-refractivity contribution < 1.29 is 18.0 Å². The Bertz CT molecular complexity index is 657. The largest absolute Gasteiger partial charge is 0.326 e. The second kappa shape index (κ2) is 6.23. The molecule has 2 rings (SSSR count). The van der Waals surface area contributed by atoms with Crippen LogP contribution in [0.25, 0.3) is 0 Å². The molecule has 1 aromatic rings. The predicted molar refractivity (Wildman–Crippen MR) is 76.9 cm³/mol. The molecule has 7 nitrogen and oxygen atoms in total. The first kappa shape index (κ1) is 15.5. The Labute approximate surface area is 123 Å². The molecular formula is C13H17N3O4S. The minimum Gasteiger partial charge on any atom is -0.326 e. The summed E-state index contributed by atoms with van der Waals surface area (Å²) in [4.78, 5) is 22.2. The molecule has 1 unspecified atom stereocenters. The number of hydrogen-bond donors (Lipinski definition) is 3. The fourth-order valence-corrected chi connectivity index (χ4v) is 3.31. The molecular weight excluding hydrogens is 294 g/mol. The van der Waals surface area contributed by atoms with Gasteiger partial charge < -0.3 is 5.32 Å². The van der Waals surface area contributed by atoms with Crippen LogP contribution >= 0.6 is 0 Å². The Hall–Kier alpha value is -1.93. The lowest BCUT2D eigenvalue weighted by atomic mass is 10.1. The summed E-state index contributed by atoms with van der Waals surface area (Å²) in [5.41, 5.74) is 1.64. The van der Waals surface area contributed by atoms with E-state index in [1.165, 1.54) is 0 Å². The second-order valence-electron chi connectivity index (χ2n) is 4.88. The zero-order chi connectivity index (χ0) is 15.5. The number of urea groups is 1. The van der Waals surface area contributed by atoms with Crippen molar-refractivity contribution in [1.29, 1.82) is 0 Å². The number of benzene rings is 1. The van der Waals surface area contributed by atoms with Crippen molar-refractivity contribution in [2.75, 3.05) is 6.54 Å². The molecule has 0 radical (unpaired) electrons. The van der Waals surface area contributed by atoms with E-state index in [4.69, 9.17) is 0 Å². The van der Waals surface area contributed by atoms with Crippen LogP contribution < -0.4 is 15.4 Å². The maximum atomic E-state index is 12.0. The van der Waals surface area contributed by atoms with Gasteiger partial charge in [0.25, 0.3) is 5.91 Å². The van der Waals surface area contributed by atoms with Crippen molar-refractivity contribution in [2.45, 2.75) is 25.1 Å². The molecule has 1 fully saturated rings. The minimum atomic E-state index is -3.47. The zero-order valence-electron chi connectivity index (χ0n) is 11.5. The monoisotopic (exact) mass is 311 g/mol. The SMILES string of the molecule is Cc1ccccc1CS(=O)(=O)NCCC1NC(=O)NC1=O. The highest BCUT2D eigenvalue weighted by Gasteiger charge is 2.29. The molecule has 0 bridgehead atoms. The van der Waals surface area contributed by atoms with Gasteiger partial charge in [0.2, 0.25) is 10.0 Å². The minimum absolute atomic E-state index is 0.0899. The molecule has 8 heteroatoms. The molecule has 0 saturated carbocycles. The molecule has 0 spiro atoms. The zero-order valence-corrected chi connectivity index (χ0v) is 12.4. The van der Waals surface area contributed by atoms with Crippen molar-refractivity contribution in [3.63, 3.8) is 0 Å². The van der Waals surface area contributed by atoms with E-state index >= 15 is 0 Å². The van der Waals surface area contributed by atoms with Gasteiger partial charge in [-0.15, -0.1) is 0 Å². The standard InChI is InChI=1S/C13H17N3O4S/c1-9-4-2-3-5-10(9)8-21(19,20)14-7-6-11-12(17)16-13(18)15-11/h2-5,11,14H,6-8H2,1H3,(H2,15,16,17,18). The second-order valence-corrected chi connectivity index (χ2v) is 6.69. The van der Waals surface area contributed by atoms with Gasteiger partial charge in [0.1, 0.15) is 6.04 Å². The highest BCUT2D eigenvalue weighted by Crippen LogP contribution is 2.10. The van der Waals surface area contributed by atoms with Crippen molar-refractivity contribution >= 4 is 22.0 Å². The molecule has 1 aliphatic heterocycles. The predicted octanol–water partition coefficient (Wildman–Crippen LogP) is 0.0125. The van der Waals surface area contributed by atoms with Crippen molar-refractivity contribution in [2.24, 2.45) is 0 Å². The molecule has 3 amide bonds. The van der Waals surface area contributed by atoms with Gasteiger partial charge >= 0.3 is 6.03 Å². The van der Waals surface area contributed by atoms with Gasteiger partial charge in [-0.2, -0.15) is 0 Å². The van der Waals surface area contributed by atoms with Gasteiger partial charge in [0, 0.05) is 6.54 Å². The third-order valence-corrected chi connectivity index (χ3v) is 4.56. The first-order chi connectivity index (χ1) is 9.87. The first-order valence-electron chi connectivity index (χ1n) is 6.50. The number of aryl methyl sites for hydroxylation is 1. The summed E-state index contributed by atoms with van der Waals surface area (Å²) < 4.78 is 26.4.